The zero-order chi connectivity index (χ0) is 9.97. The number of aromatic hydroxyl groups is 1. The molecule has 0 aliphatic heterocycles. The van der Waals surface area contributed by atoms with E-state index in [2.05, 4.69) is 15.4 Å². The molecule has 0 saturated carbocycles. The van der Waals surface area contributed by atoms with Gasteiger partial charge in [-0.15, -0.1) is 0 Å². The number of hydrogen-bond donors (Lipinski definition) is 3. The minimum Gasteiger partial charge on any atom is -0.508 e. The molecule has 5 nitrogen and oxygen atoms in total. The molecular formula is C9H9N3O2. The molecule has 14 heavy (non-hydrogen) atoms. The fourth-order valence-electron chi connectivity index (χ4n) is 1.21. The first-order chi connectivity index (χ1) is 6.81. The first kappa shape index (κ1) is 8.71. The standard InChI is InChI=1S/C9H9N3O2/c13-5-8-9(11-12-10-8)6-1-3-7(14)4-2-6/h1-4,13-14H,5H2,(H,10,11,12). The molecule has 0 atom stereocenters. The van der Waals surface area contributed by atoms with Gasteiger partial charge in [0.05, 0.1) is 6.61 Å². The average molecular weight is 191 g/mol. The van der Waals surface area contributed by atoms with Crippen LogP contribution in [-0.4, -0.2) is 25.6 Å². The van der Waals surface area contributed by atoms with Crippen LogP contribution in [-0.2, 0) is 6.61 Å². The number of aliphatic hydroxyl groups excluding tert-OH is 1. The molecule has 0 fully saturated rings. The van der Waals surface area contributed by atoms with Crippen molar-refractivity contribution in [1.82, 2.24) is 15.4 Å². The summed E-state index contributed by atoms with van der Waals surface area (Å²) in [7, 11) is 0. The minimum absolute atomic E-state index is 0.160. The van der Waals surface area contributed by atoms with E-state index in [1.165, 1.54) is 0 Å². The molecule has 0 amide bonds. The highest BCUT2D eigenvalue weighted by molar-refractivity contribution is 5.61. The SMILES string of the molecule is OCc1n[nH]nc1-c1ccc(O)cc1. The normalized spacial score (nSPS) is 10.4. The smallest absolute Gasteiger partial charge is 0.118 e. The van der Waals surface area contributed by atoms with Crippen LogP contribution in [0.2, 0.25) is 0 Å². The molecule has 0 aliphatic rings. The summed E-state index contributed by atoms with van der Waals surface area (Å²) in [5.74, 6) is 0.197. The summed E-state index contributed by atoms with van der Waals surface area (Å²) in [4.78, 5) is 0. The van der Waals surface area contributed by atoms with E-state index in [0.29, 0.717) is 11.4 Å². The molecule has 0 aliphatic carbocycles. The third kappa shape index (κ3) is 1.45. The van der Waals surface area contributed by atoms with Gasteiger partial charge in [0.15, 0.2) is 0 Å². The Morgan fingerprint density at radius 2 is 1.86 bits per heavy atom. The largest absolute Gasteiger partial charge is 0.508 e. The van der Waals surface area contributed by atoms with Crippen molar-refractivity contribution in [3.63, 3.8) is 0 Å². The first-order valence-corrected chi connectivity index (χ1v) is 4.11. The van der Waals surface area contributed by atoms with Crippen molar-refractivity contribution in [3.05, 3.63) is 30.0 Å². The lowest BCUT2D eigenvalue weighted by Crippen LogP contribution is -1.87. The van der Waals surface area contributed by atoms with Gasteiger partial charge in [0.1, 0.15) is 17.1 Å². The lowest BCUT2D eigenvalue weighted by atomic mass is 10.1. The van der Waals surface area contributed by atoms with Crippen molar-refractivity contribution < 1.29 is 10.2 Å². The molecule has 2 rings (SSSR count). The van der Waals surface area contributed by atoms with Crippen LogP contribution in [0.5, 0.6) is 5.75 Å². The van der Waals surface area contributed by atoms with Crippen molar-refractivity contribution >= 4 is 0 Å². The number of aromatic nitrogens is 3. The Kier molecular flexibility index (Phi) is 2.16. The van der Waals surface area contributed by atoms with E-state index in [9.17, 15) is 0 Å². The van der Waals surface area contributed by atoms with E-state index >= 15 is 0 Å². The van der Waals surface area contributed by atoms with Gasteiger partial charge >= 0.3 is 0 Å². The summed E-state index contributed by atoms with van der Waals surface area (Å²) < 4.78 is 0. The van der Waals surface area contributed by atoms with Crippen LogP contribution in [0.3, 0.4) is 0 Å². The highest BCUT2D eigenvalue weighted by Crippen LogP contribution is 2.21. The van der Waals surface area contributed by atoms with Crippen LogP contribution in [0.25, 0.3) is 11.3 Å². The average Bonchev–Trinajstić information content (AvgIpc) is 2.67. The van der Waals surface area contributed by atoms with Crippen LogP contribution < -0.4 is 0 Å². The van der Waals surface area contributed by atoms with E-state index in [4.69, 9.17) is 10.2 Å². The third-order valence-electron chi connectivity index (χ3n) is 1.91. The van der Waals surface area contributed by atoms with E-state index in [1.54, 1.807) is 24.3 Å². The van der Waals surface area contributed by atoms with Crippen molar-refractivity contribution in [2.24, 2.45) is 0 Å². The van der Waals surface area contributed by atoms with Crippen LogP contribution in [0.15, 0.2) is 24.3 Å². The molecule has 1 heterocycles. The highest BCUT2D eigenvalue weighted by Gasteiger charge is 2.08. The molecular weight excluding hydrogens is 182 g/mol. The fourth-order valence-corrected chi connectivity index (χ4v) is 1.21. The van der Waals surface area contributed by atoms with E-state index in [-0.39, 0.29) is 12.4 Å². The Morgan fingerprint density at radius 3 is 2.50 bits per heavy atom. The van der Waals surface area contributed by atoms with Gasteiger partial charge in [0, 0.05) is 5.56 Å². The van der Waals surface area contributed by atoms with Gasteiger partial charge in [-0.3, -0.25) is 0 Å². The molecule has 0 spiro atoms. The molecule has 72 valence electrons. The number of hydrogen-bond acceptors (Lipinski definition) is 4. The number of phenolic OH excluding ortho intramolecular Hbond substituents is 1. The lowest BCUT2D eigenvalue weighted by Gasteiger charge is -1.98. The predicted octanol–water partition coefficient (Wildman–Crippen LogP) is 0.670. The maximum Gasteiger partial charge on any atom is 0.118 e. The van der Waals surface area contributed by atoms with Gasteiger partial charge in [-0.05, 0) is 24.3 Å². The quantitative estimate of drug-likeness (QED) is 0.651. The van der Waals surface area contributed by atoms with Gasteiger partial charge < -0.3 is 10.2 Å². The molecule has 5 heteroatoms. The second-order valence-electron chi connectivity index (χ2n) is 2.82. The van der Waals surface area contributed by atoms with Gasteiger partial charge in [0.25, 0.3) is 0 Å². The topological polar surface area (TPSA) is 82.0 Å². The monoisotopic (exact) mass is 191 g/mol. The van der Waals surface area contributed by atoms with Crippen LogP contribution in [0, 0.1) is 0 Å². The third-order valence-corrected chi connectivity index (χ3v) is 1.91. The summed E-state index contributed by atoms with van der Waals surface area (Å²) in [5, 5.41) is 28.2. The molecule has 0 unspecified atom stereocenters. The summed E-state index contributed by atoms with van der Waals surface area (Å²) in [6.07, 6.45) is 0. The Morgan fingerprint density at radius 1 is 1.14 bits per heavy atom. The van der Waals surface area contributed by atoms with Crippen LogP contribution >= 0.6 is 0 Å². The molecule has 0 radical (unpaired) electrons. The number of nitrogens with one attached hydrogen (secondary N) is 1. The second-order valence-corrected chi connectivity index (χ2v) is 2.82. The fraction of sp³-hybridized carbons (Fsp3) is 0.111. The van der Waals surface area contributed by atoms with Crippen molar-refractivity contribution in [1.29, 1.82) is 0 Å². The summed E-state index contributed by atoms with van der Waals surface area (Å²) in [6, 6.07) is 6.55. The van der Waals surface area contributed by atoms with E-state index < -0.39 is 0 Å². The number of H-pyrrole nitrogens is 1. The minimum atomic E-state index is -0.160. The number of phenols is 1. The number of rotatable bonds is 2. The van der Waals surface area contributed by atoms with Crippen molar-refractivity contribution in [2.45, 2.75) is 6.61 Å². The Labute approximate surface area is 80.0 Å². The predicted molar refractivity (Wildman–Crippen MR) is 49.4 cm³/mol. The van der Waals surface area contributed by atoms with Gasteiger partial charge in [-0.25, -0.2) is 0 Å². The molecule has 3 N–H and O–H groups in total. The van der Waals surface area contributed by atoms with E-state index in [1.807, 2.05) is 0 Å². The molecule has 2 aromatic rings. The maximum atomic E-state index is 9.09. The Balaban J connectivity index is 2.44. The van der Waals surface area contributed by atoms with E-state index in [0.717, 1.165) is 5.56 Å². The maximum absolute atomic E-state index is 9.09. The van der Waals surface area contributed by atoms with Gasteiger partial charge in [-0.1, -0.05) is 0 Å². The molecule has 0 bridgehead atoms. The highest BCUT2D eigenvalue weighted by atomic mass is 16.3. The zero-order valence-corrected chi connectivity index (χ0v) is 7.31. The number of aromatic amines is 1. The van der Waals surface area contributed by atoms with Gasteiger partial charge in [-0.2, -0.15) is 15.4 Å². The molecule has 1 aromatic heterocycles. The van der Waals surface area contributed by atoms with Gasteiger partial charge in [0.2, 0.25) is 0 Å². The summed E-state index contributed by atoms with van der Waals surface area (Å²) >= 11 is 0. The van der Waals surface area contributed by atoms with Crippen LogP contribution in [0.4, 0.5) is 0 Å². The number of benzene rings is 1. The molecule has 0 saturated heterocycles. The summed E-state index contributed by atoms with van der Waals surface area (Å²) in [6.45, 7) is -0.160. The lowest BCUT2D eigenvalue weighted by molar-refractivity contribution is 0.277. The second kappa shape index (κ2) is 3.47. The van der Waals surface area contributed by atoms with Crippen LogP contribution in [0.1, 0.15) is 5.69 Å². The zero-order valence-electron chi connectivity index (χ0n) is 7.31. The molecule has 1 aromatic carbocycles. The Bertz CT molecular complexity index is 422. The number of nitrogens with zero attached hydrogens (tertiary/aromatic N) is 2. The Hall–Kier alpha value is -1.88. The van der Waals surface area contributed by atoms with Crippen molar-refractivity contribution in [2.75, 3.05) is 0 Å². The number of aliphatic hydroxyl groups is 1. The van der Waals surface area contributed by atoms with Crippen molar-refractivity contribution in [3.8, 4) is 17.0 Å². The summed E-state index contributed by atoms with van der Waals surface area (Å²) in [5.41, 5.74) is 1.91. The first-order valence-electron chi connectivity index (χ1n) is 4.11.